The second kappa shape index (κ2) is 3.57. The molecule has 1 atom stereocenters. The molecule has 0 radical (unpaired) electrons. The lowest BCUT2D eigenvalue weighted by Crippen LogP contribution is -2.25. The molecule has 1 aliphatic heterocycles. The fraction of sp³-hybridized carbons (Fsp3) is 0.500. The van der Waals surface area contributed by atoms with E-state index >= 15 is 0 Å². The van der Waals surface area contributed by atoms with Gasteiger partial charge in [-0.15, -0.1) is 21.1 Å². The van der Waals surface area contributed by atoms with Crippen LogP contribution in [0.4, 0.5) is 4.79 Å². The van der Waals surface area contributed by atoms with Crippen LogP contribution in [0.5, 0.6) is 0 Å². The average Bonchev–Trinajstić information content (AvgIpc) is 2.36. The molecule has 1 heterocycles. The molecule has 68 valence electrons. The first kappa shape index (κ1) is 9.05. The third-order valence-corrected chi connectivity index (χ3v) is 2.45. The summed E-state index contributed by atoms with van der Waals surface area (Å²) in [7, 11) is 2.65. The van der Waals surface area contributed by atoms with Gasteiger partial charge in [0.05, 0.1) is 5.55 Å². The molecule has 0 N–H and O–H groups in total. The molecule has 0 aromatic heterocycles. The number of hydrogen-bond acceptors (Lipinski definition) is 4. The van der Waals surface area contributed by atoms with Crippen LogP contribution in [0, 0.1) is 0 Å². The van der Waals surface area contributed by atoms with Gasteiger partial charge in [-0.1, -0.05) is 0 Å². The van der Waals surface area contributed by atoms with Gasteiger partial charge in [0.15, 0.2) is 0 Å². The van der Waals surface area contributed by atoms with Crippen molar-refractivity contribution in [3.63, 3.8) is 0 Å². The number of amides is 1. The quantitative estimate of drug-likeness (QED) is 0.568. The smallest absolute Gasteiger partial charge is 0.385 e. The van der Waals surface area contributed by atoms with E-state index in [2.05, 4.69) is 10.2 Å². The normalized spacial score (nSPS) is 23.6. The van der Waals surface area contributed by atoms with E-state index in [0.717, 1.165) is 0 Å². The summed E-state index contributed by atoms with van der Waals surface area (Å²) in [6.07, 6.45) is 1.52. The van der Waals surface area contributed by atoms with Crippen molar-refractivity contribution in [1.29, 1.82) is 0 Å². The van der Waals surface area contributed by atoms with Crippen LogP contribution in [-0.2, 0) is 4.74 Å². The first-order valence-corrected chi connectivity index (χ1v) is 5.20. The van der Waals surface area contributed by atoms with Crippen LogP contribution < -0.4 is 0 Å². The van der Waals surface area contributed by atoms with Crippen LogP contribution in [0.1, 0.15) is 0 Å². The maximum absolute atomic E-state index is 11.0. The number of carbonyl (C=O) groups is 1. The number of carbonyl (C=O) groups excluding carboxylic acids is 1. The molecule has 0 fully saturated rings. The van der Waals surface area contributed by atoms with Gasteiger partial charge in [-0.3, -0.25) is 0 Å². The lowest BCUT2D eigenvalue weighted by atomic mass is 10.9. The molecule has 12 heavy (non-hydrogen) atoms. The van der Waals surface area contributed by atoms with E-state index in [1.54, 1.807) is 19.6 Å². The van der Waals surface area contributed by atoms with E-state index in [9.17, 15) is 4.79 Å². The van der Waals surface area contributed by atoms with Gasteiger partial charge in [-0.05, 0) is 6.26 Å². The van der Waals surface area contributed by atoms with Crippen LogP contribution in [0.25, 0.3) is 0 Å². The fourth-order valence-electron chi connectivity index (χ4n) is 0.534. The van der Waals surface area contributed by atoms with Crippen molar-refractivity contribution in [2.45, 2.75) is 0 Å². The number of thiol groups is 1. The number of hydrogen-bond donors (Lipinski definition) is 1. The number of nitrogens with zero attached hydrogens (tertiary/aromatic N) is 3. The molecule has 0 saturated carbocycles. The van der Waals surface area contributed by atoms with Crippen molar-refractivity contribution < 1.29 is 9.53 Å². The Morgan fingerprint density at radius 3 is 2.75 bits per heavy atom. The van der Waals surface area contributed by atoms with Crippen LogP contribution in [0.15, 0.2) is 10.2 Å². The van der Waals surface area contributed by atoms with Gasteiger partial charge in [0.2, 0.25) is 0 Å². The Morgan fingerprint density at radius 1 is 1.67 bits per heavy atom. The molecule has 0 aliphatic carbocycles. The molecule has 1 rings (SSSR count). The first-order chi connectivity index (χ1) is 5.61. The first-order valence-electron chi connectivity index (χ1n) is 3.34. The van der Waals surface area contributed by atoms with E-state index < -0.39 is 17.0 Å². The van der Waals surface area contributed by atoms with Gasteiger partial charge >= 0.3 is 6.09 Å². The molecular formula is C6H11N3O2S. The molecule has 1 aliphatic rings. The fourth-order valence-corrected chi connectivity index (χ4v) is 1.25. The zero-order valence-corrected chi connectivity index (χ0v) is 8.08. The summed E-state index contributed by atoms with van der Waals surface area (Å²) < 4.78 is 4.93. The number of ether oxygens (including phenoxy) is 1. The summed E-state index contributed by atoms with van der Waals surface area (Å²) in [5, 5.41) is 7.76. The Hall–Kier alpha value is -1.04. The highest BCUT2D eigenvalue weighted by Crippen LogP contribution is 2.24. The molecule has 0 aromatic carbocycles. The third-order valence-electron chi connectivity index (χ3n) is 1.21. The molecule has 5 nitrogen and oxygen atoms in total. The second-order valence-corrected chi connectivity index (χ2v) is 4.32. The summed E-state index contributed by atoms with van der Waals surface area (Å²) >= 11 is 0. The molecular weight excluding hydrogens is 178 g/mol. The third kappa shape index (κ3) is 1.97. The highest BCUT2D eigenvalue weighted by Gasteiger charge is 2.16. The zero-order chi connectivity index (χ0) is 9.14. The maximum atomic E-state index is 11.0. The minimum atomic E-state index is -0.597. The van der Waals surface area contributed by atoms with Gasteiger partial charge in [0, 0.05) is 14.1 Å². The Labute approximate surface area is 73.4 Å². The standard InChI is InChI=1S/C6H11N3O2S/c1-9(2)6(10)11-5-8-7-4-12(5)3/h4,12H,1-3H3. The molecule has 0 saturated heterocycles. The molecule has 1 unspecified atom stereocenters. The highest BCUT2D eigenvalue weighted by molar-refractivity contribution is 8.39. The van der Waals surface area contributed by atoms with Crippen molar-refractivity contribution in [1.82, 2.24) is 4.90 Å². The van der Waals surface area contributed by atoms with E-state index in [4.69, 9.17) is 4.74 Å². The minimum Gasteiger partial charge on any atom is -0.385 e. The summed E-state index contributed by atoms with van der Waals surface area (Å²) in [4.78, 5) is 12.4. The SMILES string of the molecule is CN(C)C(=O)OC1=NN=C[SH]1C. The molecule has 1 amide bonds. The monoisotopic (exact) mass is 189 g/mol. The summed E-state index contributed by atoms with van der Waals surface area (Å²) in [6.45, 7) is 0. The van der Waals surface area contributed by atoms with Crippen LogP contribution in [0.2, 0.25) is 0 Å². The maximum Gasteiger partial charge on any atom is 0.416 e. The van der Waals surface area contributed by atoms with Gasteiger partial charge in [0.1, 0.15) is 0 Å². The van der Waals surface area contributed by atoms with E-state index in [-0.39, 0.29) is 0 Å². The van der Waals surface area contributed by atoms with Crippen molar-refractivity contribution >= 4 is 27.8 Å². The van der Waals surface area contributed by atoms with Gasteiger partial charge in [-0.25, -0.2) is 4.79 Å². The summed E-state index contributed by atoms with van der Waals surface area (Å²) in [5.41, 5.74) is 1.69. The molecule has 6 heteroatoms. The van der Waals surface area contributed by atoms with Crippen LogP contribution >= 0.6 is 10.9 Å². The molecule has 0 bridgehead atoms. The van der Waals surface area contributed by atoms with Gasteiger partial charge in [-0.2, -0.15) is 0 Å². The van der Waals surface area contributed by atoms with Crippen molar-refractivity contribution in [3.8, 4) is 0 Å². The Balaban J connectivity index is 2.48. The molecule has 0 aromatic rings. The summed E-state index contributed by atoms with van der Waals surface area (Å²) in [5.74, 6) is 0. The molecule has 0 spiro atoms. The van der Waals surface area contributed by atoms with E-state index in [0.29, 0.717) is 5.23 Å². The van der Waals surface area contributed by atoms with E-state index in [1.807, 2.05) is 6.26 Å². The lowest BCUT2D eigenvalue weighted by molar-refractivity contribution is 0.170. The highest BCUT2D eigenvalue weighted by atomic mass is 32.2. The Morgan fingerprint density at radius 2 is 2.33 bits per heavy atom. The van der Waals surface area contributed by atoms with Gasteiger partial charge < -0.3 is 9.64 Å². The topological polar surface area (TPSA) is 54.3 Å². The largest absolute Gasteiger partial charge is 0.416 e. The van der Waals surface area contributed by atoms with Gasteiger partial charge in [0.25, 0.3) is 5.23 Å². The average molecular weight is 189 g/mol. The summed E-state index contributed by atoms with van der Waals surface area (Å²) in [6, 6.07) is 0. The van der Waals surface area contributed by atoms with Crippen molar-refractivity contribution in [2.24, 2.45) is 10.2 Å². The van der Waals surface area contributed by atoms with E-state index in [1.165, 1.54) is 4.90 Å². The minimum absolute atomic E-state index is 0.409. The van der Waals surface area contributed by atoms with Crippen molar-refractivity contribution in [2.75, 3.05) is 20.4 Å². The number of rotatable bonds is 0. The zero-order valence-electron chi connectivity index (χ0n) is 7.18. The predicted molar refractivity (Wildman–Crippen MR) is 51.0 cm³/mol. The Kier molecular flexibility index (Phi) is 2.69. The van der Waals surface area contributed by atoms with Crippen LogP contribution in [0.3, 0.4) is 0 Å². The lowest BCUT2D eigenvalue weighted by Gasteiger charge is -2.12. The Bertz CT molecular complexity index is 249. The predicted octanol–water partition coefficient (Wildman–Crippen LogP) is 0.629. The van der Waals surface area contributed by atoms with Crippen LogP contribution in [-0.4, -0.2) is 42.1 Å². The second-order valence-electron chi connectivity index (χ2n) is 2.49. The van der Waals surface area contributed by atoms with Crippen molar-refractivity contribution in [3.05, 3.63) is 0 Å².